The van der Waals surface area contributed by atoms with Crippen molar-refractivity contribution in [1.82, 2.24) is 14.8 Å². The normalized spacial score (nSPS) is 21.1. The largest absolute Gasteiger partial charge is 0.497 e. The van der Waals surface area contributed by atoms with Crippen molar-refractivity contribution in [1.29, 1.82) is 0 Å². The molecule has 0 N–H and O–H groups in total. The average Bonchev–Trinajstić information content (AvgIpc) is 2.84. The van der Waals surface area contributed by atoms with Crippen LogP contribution in [0.2, 0.25) is 0 Å². The van der Waals surface area contributed by atoms with E-state index in [2.05, 4.69) is 14.9 Å². The van der Waals surface area contributed by atoms with Crippen molar-refractivity contribution in [2.45, 2.75) is 38.6 Å². The summed E-state index contributed by atoms with van der Waals surface area (Å²) in [6.45, 7) is 8.03. The molecule has 3 heterocycles. The zero-order valence-electron chi connectivity index (χ0n) is 20.0. The van der Waals surface area contributed by atoms with Crippen LogP contribution >= 0.6 is 0 Å². The standard InChI is InChI=1S/C25H31N5O4/c1-25(2,3)34-24(31)30-14-12-29(13-15-30)21-17-27-22(18-6-5-11-26-16-18)28-23(21)33-20-9-7-19(32-4)8-10-20/h5-11,16-17,21-22H,12-15H2,1-4H3. The monoisotopic (exact) mass is 465 g/mol. The molecular formula is C25H31N5O4. The molecule has 2 aliphatic heterocycles. The van der Waals surface area contributed by atoms with Gasteiger partial charge in [0.05, 0.1) is 7.11 Å². The molecule has 1 aromatic carbocycles. The van der Waals surface area contributed by atoms with Gasteiger partial charge in [-0.25, -0.2) is 9.79 Å². The van der Waals surface area contributed by atoms with Gasteiger partial charge in [-0.2, -0.15) is 0 Å². The van der Waals surface area contributed by atoms with E-state index in [9.17, 15) is 4.79 Å². The molecule has 0 bridgehead atoms. The molecular weight excluding hydrogens is 434 g/mol. The summed E-state index contributed by atoms with van der Waals surface area (Å²) in [5, 5.41) is 0. The summed E-state index contributed by atoms with van der Waals surface area (Å²) >= 11 is 0. The number of hydrogen-bond donors (Lipinski definition) is 0. The van der Waals surface area contributed by atoms with E-state index in [4.69, 9.17) is 19.2 Å². The number of benzene rings is 1. The Bertz CT molecular complexity index is 1030. The lowest BCUT2D eigenvalue weighted by atomic mass is 10.1. The summed E-state index contributed by atoms with van der Waals surface area (Å²) in [4.78, 5) is 30.1. The first-order chi connectivity index (χ1) is 16.3. The van der Waals surface area contributed by atoms with Crippen LogP contribution in [0, 0.1) is 0 Å². The highest BCUT2D eigenvalue weighted by Gasteiger charge is 2.33. The van der Waals surface area contributed by atoms with Crippen molar-refractivity contribution < 1.29 is 19.0 Å². The summed E-state index contributed by atoms with van der Waals surface area (Å²) in [7, 11) is 1.63. The molecule has 4 rings (SSSR count). The Kier molecular flexibility index (Phi) is 7.12. The molecule has 34 heavy (non-hydrogen) atoms. The van der Waals surface area contributed by atoms with Gasteiger partial charge < -0.3 is 19.1 Å². The number of amides is 1. The lowest BCUT2D eigenvalue weighted by molar-refractivity contribution is 0.0143. The fourth-order valence-electron chi connectivity index (χ4n) is 3.76. The maximum atomic E-state index is 12.4. The van der Waals surface area contributed by atoms with Gasteiger partial charge >= 0.3 is 6.09 Å². The quantitative estimate of drug-likeness (QED) is 0.686. The lowest BCUT2D eigenvalue weighted by Crippen LogP contribution is -2.56. The van der Waals surface area contributed by atoms with Crippen molar-refractivity contribution >= 4 is 18.2 Å². The van der Waals surface area contributed by atoms with Gasteiger partial charge in [-0.05, 0) is 51.1 Å². The van der Waals surface area contributed by atoms with Gasteiger partial charge in [0.2, 0.25) is 5.90 Å². The van der Waals surface area contributed by atoms with E-state index in [0.717, 1.165) is 11.3 Å². The molecule has 1 amide bonds. The van der Waals surface area contributed by atoms with Gasteiger partial charge in [0.25, 0.3) is 0 Å². The smallest absolute Gasteiger partial charge is 0.410 e. The fraction of sp³-hybridized carbons (Fsp3) is 0.440. The van der Waals surface area contributed by atoms with Crippen molar-refractivity contribution in [3.63, 3.8) is 0 Å². The van der Waals surface area contributed by atoms with Crippen LogP contribution in [0.4, 0.5) is 4.79 Å². The number of methoxy groups -OCH3 is 1. The van der Waals surface area contributed by atoms with Crippen LogP contribution < -0.4 is 9.47 Å². The van der Waals surface area contributed by atoms with E-state index in [1.54, 1.807) is 24.4 Å². The maximum absolute atomic E-state index is 12.4. The highest BCUT2D eigenvalue weighted by Crippen LogP contribution is 2.25. The van der Waals surface area contributed by atoms with Crippen LogP contribution in [0.15, 0.2) is 58.8 Å². The van der Waals surface area contributed by atoms with Crippen LogP contribution in [0.3, 0.4) is 0 Å². The van der Waals surface area contributed by atoms with E-state index in [1.165, 1.54) is 0 Å². The van der Waals surface area contributed by atoms with E-state index < -0.39 is 11.8 Å². The topological polar surface area (TPSA) is 88.9 Å². The molecule has 9 heteroatoms. The van der Waals surface area contributed by atoms with E-state index in [-0.39, 0.29) is 12.1 Å². The van der Waals surface area contributed by atoms with E-state index in [1.807, 2.05) is 63.4 Å². The third-order valence-electron chi connectivity index (χ3n) is 5.49. The molecule has 2 unspecified atom stereocenters. The molecule has 0 radical (unpaired) electrons. The number of piperazine rings is 1. The Morgan fingerprint density at radius 1 is 1.03 bits per heavy atom. The molecule has 0 spiro atoms. The van der Waals surface area contributed by atoms with Crippen LogP contribution in [-0.4, -0.2) is 77.9 Å². The predicted molar refractivity (Wildman–Crippen MR) is 130 cm³/mol. The van der Waals surface area contributed by atoms with Crippen LogP contribution in [0.5, 0.6) is 11.5 Å². The summed E-state index contributed by atoms with van der Waals surface area (Å²) < 4.78 is 17.0. The number of carbonyl (C=O) groups is 1. The SMILES string of the molecule is COc1ccc(OC2=NC(c3cccnc3)N=CC2N2CCN(C(=O)OC(C)(C)C)CC2)cc1. The first kappa shape index (κ1) is 23.7. The molecule has 2 atom stereocenters. The first-order valence-corrected chi connectivity index (χ1v) is 11.4. The number of aliphatic imine (C=N–C) groups is 2. The molecule has 0 saturated carbocycles. The number of hydrogen-bond acceptors (Lipinski definition) is 8. The van der Waals surface area contributed by atoms with Crippen molar-refractivity contribution in [2.75, 3.05) is 33.3 Å². The minimum absolute atomic E-state index is 0.240. The number of aromatic nitrogens is 1. The molecule has 0 aliphatic carbocycles. The predicted octanol–water partition coefficient (Wildman–Crippen LogP) is 3.57. The highest BCUT2D eigenvalue weighted by molar-refractivity contribution is 6.00. The minimum Gasteiger partial charge on any atom is -0.497 e. The van der Waals surface area contributed by atoms with E-state index in [0.29, 0.717) is 37.8 Å². The van der Waals surface area contributed by atoms with Gasteiger partial charge in [0.1, 0.15) is 23.1 Å². The second kappa shape index (κ2) is 10.2. The molecule has 1 saturated heterocycles. The zero-order chi connectivity index (χ0) is 24.1. The van der Waals surface area contributed by atoms with Crippen LogP contribution in [0.25, 0.3) is 0 Å². The molecule has 2 aliphatic rings. The second-order valence-electron chi connectivity index (χ2n) is 9.15. The number of pyridine rings is 1. The summed E-state index contributed by atoms with van der Waals surface area (Å²) in [5.41, 5.74) is 0.375. The molecule has 2 aromatic rings. The average molecular weight is 466 g/mol. The van der Waals surface area contributed by atoms with Crippen LogP contribution in [-0.2, 0) is 4.74 Å². The van der Waals surface area contributed by atoms with Gasteiger partial charge in [0.15, 0.2) is 6.17 Å². The lowest BCUT2D eigenvalue weighted by Gasteiger charge is -2.39. The second-order valence-corrected chi connectivity index (χ2v) is 9.15. The third kappa shape index (κ3) is 5.91. The summed E-state index contributed by atoms with van der Waals surface area (Å²) in [6, 6.07) is 11.0. The van der Waals surface area contributed by atoms with E-state index >= 15 is 0 Å². The van der Waals surface area contributed by atoms with Gasteiger partial charge in [-0.3, -0.25) is 14.9 Å². The molecule has 180 valence electrons. The highest BCUT2D eigenvalue weighted by atomic mass is 16.6. The van der Waals surface area contributed by atoms with Crippen molar-refractivity contribution in [2.24, 2.45) is 9.98 Å². The van der Waals surface area contributed by atoms with Gasteiger partial charge in [0, 0.05) is 50.4 Å². The Morgan fingerprint density at radius 3 is 2.35 bits per heavy atom. The third-order valence-corrected chi connectivity index (χ3v) is 5.49. The Hall–Kier alpha value is -3.46. The Morgan fingerprint density at radius 2 is 1.74 bits per heavy atom. The van der Waals surface area contributed by atoms with Gasteiger partial charge in [-0.1, -0.05) is 6.07 Å². The molecule has 1 fully saturated rings. The van der Waals surface area contributed by atoms with Crippen LogP contribution in [0.1, 0.15) is 32.5 Å². The van der Waals surface area contributed by atoms with Gasteiger partial charge in [-0.15, -0.1) is 0 Å². The Labute approximate surface area is 200 Å². The number of rotatable bonds is 4. The number of carbonyl (C=O) groups excluding carboxylic acids is 1. The number of nitrogens with zero attached hydrogens (tertiary/aromatic N) is 5. The Balaban J connectivity index is 1.50. The van der Waals surface area contributed by atoms with Crippen molar-refractivity contribution in [3.05, 3.63) is 54.4 Å². The van der Waals surface area contributed by atoms with Crippen molar-refractivity contribution in [3.8, 4) is 11.5 Å². The fourth-order valence-corrected chi connectivity index (χ4v) is 3.76. The first-order valence-electron chi connectivity index (χ1n) is 11.4. The molecule has 9 nitrogen and oxygen atoms in total. The number of ether oxygens (including phenoxy) is 3. The maximum Gasteiger partial charge on any atom is 0.410 e. The summed E-state index contributed by atoms with van der Waals surface area (Å²) in [6.07, 6.45) is 4.66. The minimum atomic E-state index is -0.516. The zero-order valence-corrected chi connectivity index (χ0v) is 20.0. The summed E-state index contributed by atoms with van der Waals surface area (Å²) in [5.74, 6) is 1.97. The molecule has 1 aromatic heterocycles.